The van der Waals surface area contributed by atoms with E-state index in [-0.39, 0.29) is 11.8 Å². The van der Waals surface area contributed by atoms with Crippen molar-refractivity contribution in [2.75, 3.05) is 23.7 Å². The molecule has 0 radical (unpaired) electrons. The van der Waals surface area contributed by atoms with Gasteiger partial charge in [0.25, 0.3) is 5.91 Å². The van der Waals surface area contributed by atoms with Gasteiger partial charge >= 0.3 is 0 Å². The SMILES string of the molecule is O=C(c1ccc(CN2C(=O)CSc3ccccc32)o1)N1CCCC1. The smallest absolute Gasteiger partial charge is 0.289 e. The third-order valence-electron chi connectivity index (χ3n) is 4.39. The molecule has 0 unspecified atom stereocenters. The number of hydrogen-bond acceptors (Lipinski definition) is 4. The summed E-state index contributed by atoms with van der Waals surface area (Å²) in [5.74, 6) is 1.42. The highest BCUT2D eigenvalue weighted by molar-refractivity contribution is 8.00. The highest BCUT2D eigenvalue weighted by Crippen LogP contribution is 2.35. The molecule has 124 valence electrons. The maximum atomic E-state index is 12.4. The van der Waals surface area contributed by atoms with Gasteiger partial charge in [0.1, 0.15) is 5.76 Å². The van der Waals surface area contributed by atoms with Gasteiger partial charge < -0.3 is 14.2 Å². The maximum Gasteiger partial charge on any atom is 0.289 e. The number of carbonyl (C=O) groups excluding carboxylic acids is 2. The predicted molar refractivity (Wildman–Crippen MR) is 92.2 cm³/mol. The number of furan rings is 1. The van der Waals surface area contributed by atoms with Crippen molar-refractivity contribution in [3.05, 3.63) is 47.9 Å². The van der Waals surface area contributed by atoms with Crippen LogP contribution in [0.4, 0.5) is 5.69 Å². The number of likely N-dealkylation sites (tertiary alicyclic amines) is 1. The van der Waals surface area contributed by atoms with Crippen molar-refractivity contribution in [1.29, 1.82) is 0 Å². The van der Waals surface area contributed by atoms with Gasteiger partial charge in [0, 0.05) is 18.0 Å². The maximum absolute atomic E-state index is 12.4. The number of nitrogens with zero attached hydrogens (tertiary/aromatic N) is 2. The molecule has 0 N–H and O–H groups in total. The summed E-state index contributed by atoms with van der Waals surface area (Å²) in [4.78, 5) is 29.3. The second-order valence-electron chi connectivity index (χ2n) is 6.00. The van der Waals surface area contributed by atoms with Crippen LogP contribution >= 0.6 is 11.8 Å². The molecule has 0 spiro atoms. The van der Waals surface area contributed by atoms with E-state index in [9.17, 15) is 9.59 Å². The molecule has 4 rings (SSSR count). The zero-order valence-corrected chi connectivity index (χ0v) is 14.1. The molecule has 2 aromatic rings. The van der Waals surface area contributed by atoms with Crippen LogP contribution in [0, 0.1) is 0 Å². The first-order valence-electron chi connectivity index (χ1n) is 8.12. The zero-order valence-electron chi connectivity index (χ0n) is 13.2. The van der Waals surface area contributed by atoms with E-state index in [4.69, 9.17) is 4.42 Å². The molecule has 6 heteroatoms. The lowest BCUT2D eigenvalue weighted by molar-refractivity contribution is -0.116. The molecule has 1 fully saturated rings. The van der Waals surface area contributed by atoms with Crippen LogP contribution in [0.15, 0.2) is 45.7 Å². The minimum atomic E-state index is -0.0559. The van der Waals surface area contributed by atoms with Crippen LogP contribution in [0.1, 0.15) is 29.2 Å². The molecular formula is C18H18N2O3S. The quantitative estimate of drug-likeness (QED) is 0.860. The molecule has 5 nitrogen and oxygen atoms in total. The average molecular weight is 342 g/mol. The number of amides is 2. The van der Waals surface area contributed by atoms with E-state index in [0.717, 1.165) is 36.5 Å². The van der Waals surface area contributed by atoms with Crippen molar-refractivity contribution >= 4 is 29.3 Å². The summed E-state index contributed by atoms with van der Waals surface area (Å²) in [6.45, 7) is 1.94. The predicted octanol–water partition coefficient (Wildman–Crippen LogP) is 3.15. The second kappa shape index (κ2) is 6.36. The van der Waals surface area contributed by atoms with Gasteiger partial charge in [-0.2, -0.15) is 0 Å². The molecule has 2 aliphatic rings. The normalized spacial score (nSPS) is 17.2. The van der Waals surface area contributed by atoms with E-state index in [1.165, 1.54) is 0 Å². The average Bonchev–Trinajstić information content (AvgIpc) is 3.29. The summed E-state index contributed by atoms with van der Waals surface area (Å²) < 4.78 is 5.73. The minimum absolute atomic E-state index is 0.0559. The van der Waals surface area contributed by atoms with Crippen LogP contribution in [0.3, 0.4) is 0 Å². The van der Waals surface area contributed by atoms with Crippen molar-refractivity contribution < 1.29 is 14.0 Å². The van der Waals surface area contributed by atoms with Crippen LogP contribution in [-0.4, -0.2) is 35.6 Å². The lowest BCUT2D eigenvalue weighted by atomic mass is 10.2. The fourth-order valence-corrected chi connectivity index (χ4v) is 4.07. The Hall–Kier alpha value is -2.21. The number of carbonyl (C=O) groups is 2. The van der Waals surface area contributed by atoms with Crippen molar-refractivity contribution in [2.45, 2.75) is 24.3 Å². The summed E-state index contributed by atoms with van der Waals surface area (Å²) in [7, 11) is 0. The number of anilines is 1. The van der Waals surface area contributed by atoms with E-state index >= 15 is 0 Å². The van der Waals surface area contributed by atoms with Crippen LogP contribution in [0.2, 0.25) is 0 Å². The molecule has 1 saturated heterocycles. The van der Waals surface area contributed by atoms with Crippen molar-refractivity contribution in [3.63, 3.8) is 0 Å². The fraction of sp³-hybridized carbons (Fsp3) is 0.333. The third kappa shape index (κ3) is 2.82. The summed E-state index contributed by atoms with van der Waals surface area (Å²) >= 11 is 1.56. The standard InChI is InChI=1S/C18H18N2O3S/c21-17-12-24-16-6-2-1-5-14(16)20(17)11-13-7-8-15(23-13)18(22)19-9-3-4-10-19/h1-2,5-8H,3-4,9-12H2. The molecule has 0 atom stereocenters. The summed E-state index contributed by atoms with van der Waals surface area (Å²) in [5, 5.41) is 0. The lowest BCUT2D eigenvalue weighted by Gasteiger charge is -2.28. The second-order valence-corrected chi connectivity index (χ2v) is 7.02. The Morgan fingerprint density at radius 3 is 2.75 bits per heavy atom. The number of fused-ring (bicyclic) bond motifs is 1. The molecule has 2 aliphatic heterocycles. The Morgan fingerprint density at radius 2 is 1.92 bits per heavy atom. The topological polar surface area (TPSA) is 53.8 Å². The Labute approximate surface area is 144 Å². The van der Waals surface area contributed by atoms with Gasteiger partial charge in [0.05, 0.1) is 18.0 Å². The molecule has 1 aromatic carbocycles. The summed E-state index contributed by atoms with van der Waals surface area (Å²) in [5.41, 5.74) is 0.905. The molecule has 2 amide bonds. The van der Waals surface area contributed by atoms with Crippen LogP contribution in [0.5, 0.6) is 0 Å². The highest BCUT2D eigenvalue weighted by Gasteiger charge is 2.27. The van der Waals surface area contributed by atoms with E-state index in [2.05, 4.69) is 0 Å². The van der Waals surface area contributed by atoms with Crippen molar-refractivity contribution in [3.8, 4) is 0 Å². The molecule has 0 saturated carbocycles. The third-order valence-corrected chi connectivity index (χ3v) is 5.44. The van der Waals surface area contributed by atoms with Crippen molar-refractivity contribution in [2.24, 2.45) is 0 Å². The minimum Gasteiger partial charge on any atom is -0.454 e. The fourth-order valence-electron chi connectivity index (χ4n) is 3.14. The van der Waals surface area contributed by atoms with Crippen molar-refractivity contribution in [1.82, 2.24) is 4.90 Å². The Morgan fingerprint density at radius 1 is 1.12 bits per heavy atom. The molecule has 3 heterocycles. The molecule has 24 heavy (non-hydrogen) atoms. The molecule has 0 bridgehead atoms. The molecular weight excluding hydrogens is 324 g/mol. The number of benzene rings is 1. The van der Waals surface area contributed by atoms with E-state index in [0.29, 0.717) is 23.8 Å². The number of para-hydroxylation sites is 1. The van der Waals surface area contributed by atoms with Crippen LogP contribution in [-0.2, 0) is 11.3 Å². The van der Waals surface area contributed by atoms with E-state index in [1.807, 2.05) is 29.2 Å². The number of rotatable bonds is 3. The van der Waals surface area contributed by atoms with Crippen LogP contribution < -0.4 is 4.90 Å². The number of hydrogen-bond donors (Lipinski definition) is 0. The Balaban J connectivity index is 1.54. The summed E-state index contributed by atoms with van der Waals surface area (Å²) in [6, 6.07) is 11.4. The first kappa shape index (κ1) is 15.3. The van der Waals surface area contributed by atoms with E-state index in [1.54, 1.807) is 28.8 Å². The largest absolute Gasteiger partial charge is 0.454 e. The van der Waals surface area contributed by atoms with Gasteiger partial charge in [-0.25, -0.2) is 0 Å². The first-order valence-corrected chi connectivity index (χ1v) is 9.11. The Bertz CT molecular complexity index is 780. The molecule has 1 aromatic heterocycles. The van der Waals surface area contributed by atoms with Gasteiger partial charge in [-0.05, 0) is 37.1 Å². The monoisotopic (exact) mass is 342 g/mol. The van der Waals surface area contributed by atoms with Gasteiger partial charge in [0.15, 0.2) is 5.76 Å². The summed E-state index contributed by atoms with van der Waals surface area (Å²) in [6.07, 6.45) is 2.10. The highest BCUT2D eigenvalue weighted by atomic mass is 32.2. The lowest BCUT2D eigenvalue weighted by Crippen LogP contribution is -2.34. The van der Waals surface area contributed by atoms with Crippen LogP contribution in [0.25, 0.3) is 0 Å². The Kier molecular flexibility index (Phi) is 4.06. The van der Waals surface area contributed by atoms with Gasteiger partial charge in [0.2, 0.25) is 5.91 Å². The van der Waals surface area contributed by atoms with Gasteiger partial charge in [-0.3, -0.25) is 9.59 Å². The first-order chi connectivity index (χ1) is 11.7. The van der Waals surface area contributed by atoms with Gasteiger partial charge in [-0.15, -0.1) is 11.8 Å². The van der Waals surface area contributed by atoms with E-state index < -0.39 is 0 Å². The molecule has 0 aliphatic carbocycles. The van der Waals surface area contributed by atoms with Gasteiger partial charge in [-0.1, -0.05) is 12.1 Å². The number of thioether (sulfide) groups is 1. The zero-order chi connectivity index (χ0) is 16.5.